The lowest BCUT2D eigenvalue weighted by Crippen LogP contribution is -2.17. The second-order valence-electron chi connectivity index (χ2n) is 4.84. The first kappa shape index (κ1) is 14.9. The van der Waals surface area contributed by atoms with Crippen molar-refractivity contribution in [2.45, 2.75) is 13.1 Å². The molecule has 2 rings (SSSR count). The smallest absolute Gasteiger partial charge is 0.123 e. The molecule has 2 N–H and O–H groups in total. The van der Waals surface area contributed by atoms with E-state index in [1.54, 1.807) is 7.11 Å². The van der Waals surface area contributed by atoms with E-state index in [0.29, 0.717) is 0 Å². The maximum Gasteiger partial charge on any atom is 0.123 e. The Kier molecular flexibility index (Phi) is 5.04. The number of rotatable bonds is 5. The number of halogens is 1. The zero-order chi connectivity index (χ0) is 14.5. The van der Waals surface area contributed by atoms with E-state index >= 15 is 0 Å². The summed E-state index contributed by atoms with van der Waals surface area (Å²) in [5.74, 6) is 0.929. The Labute approximate surface area is 128 Å². The van der Waals surface area contributed by atoms with E-state index in [-0.39, 0.29) is 0 Å². The summed E-state index contributed by atoms with van der Waals surface area (Å²) < 4.78 is 6.33. The molecule has 0 amide bonds. The van der Waals surface area contributed by atoms with E-state index in [4.69, 9.17) is 10.5 Å². The average Bonchev–Trinajstić information content (AvgIpc) is 2.43. The number of ether oxygens (including phenoxy) is 1. The summed E-state index contributed by atoms with van der Waals surface area (Å²) in [4.78, 5) is 2.25. The highest BCUT2D eigenvalue weighted by atomic mass is 79.9. The Bertz CT molecular complexity index is 586. The number of nitrogens with zero attached hydrogens (tertiary/aromatic N) is 1. The molecule has 0 saturated carbocycles. The van der Waals surface area contributed by atoms with Gasteiger partial charge in [0.15, 0.2) is 0 Å². The molecule has 0 aliphatic rings. The van der Waals surface area contributed by atoms with Crippen LogP contribution in [-0.2, 0) is 13.1 Å². The Balaban J connectivity index is 2.05. The molecule has 2 aromatic carbocycles. The van der Waals surface area contributed by atoms with E-state index in [0.717, 1.165) is 29.0 Å². The normalized spacial score (nSPS) is 10.8. The molecule has 0 bridgehead atoms. The van der Waals surface area contributed by atoms with Gasteiger partial charge < -0.3 is 10.5 Å². The maximum absolute atomic E-state index is 5.80. The Hall–Kier alpha value is -1.52. The molecular weight excluding hydrogens is 316 g/mol. The molecule has 0 unspecified atom stereocenters. The van der Waals surface area contributed by atoms with Gasteiger partial charge in [0.1, 0.15) is 5.75 Å². The lowest BCUT2D eigenvalue weighted by atomic mass is 10.1. The van der Waals surface area contributed by atoms with E-state index in [1.807, 2.05) is 24.3 Å². The summed E-state index contributed by atoms with van der Waals surface area (Å²) in [6, 6.07) is 14.1. The molecule has 0 radical (unpaired) electrons. The van der Waals surface area contributed by atoms with Crippen molar-refractivity contribution in [1.29, 1.82) is 0 Å². The first-order valence-corrected chi connectivity index (χ1v) is 7.24. The molecule has 106 valence electrons. The molecule has 0 heterocycles. The van der Waals surface area contributed by atoms with Gasteiger partial charge in [0.2, 0.25) is 0 Å². The Morgan fingerprint density at radius 2 is 1.90 bits per heavy atom. The van der Waals surface area contributed by atoms with Crippen molar-refractivity contribution in [2.24, 2.45) is 0 Å². The minimum Gasteiger partial charge on any atom is -0.496 e. The van der Waals surface area contributed by atoms with Crippen molar-refractivity contribution < 1.29 is 4.74 Å². The molecule has 0 aliphatic heterocycles. The van der Waals surface area contributed by atoms with Crippen molar-refractivity contribution >= 4 is 21.6 Å². The Morgan fingerprint density at radius 1 is 1.15 bits per heavy atom. The summed E-state index contributed by atoms with van der Waals surface area (Å²) in [6.45, 7) is 1.70. The van der Waals surface area contributed by atoms with E-state index in [2.05, 4.69) is 46.1 Å². The van der Waals surface area contributed by atoms with Gasteiger partial charge in [0.25, 0.3) is 0 Å². The van der Waals surface area contributed by atoms with Crippen LogP contribution in [0.1, 0.15) is 11.1 Å². The van der Waals surface area contributed by atoms with Crippen molar-refractivity contribution in [3.63, 3.8) is 0 Å². The van der Waals surface area contributed by atoms with Crippen LogP contribution in [0.2, 0.25) is 0 Å². The molecule has 0 atom stereocenters. The number of benzene rings is 2. The fourth-order valence-corrected chi connectivity index (χ4v) is 2.59. The predicted octanol–water partition coefficient (Wildman–Crippen LogP) is 3.67. The third kappa shape index (κ3) is 3.74. The van der Waals surface area contributed by atoms with Gasteiger partial charge >= 0.3 is 0 Å². The van der Waals surface area contributed by atoms with Gasteiger partial charge in [-0.1, -0.05) is 24.3 Å². The fraction of sp³-hybridized carbons (Fsp3) is 0.250. The van der Waals surface area contributed by atoms with E-state index < -0.39 is 0 Å². The van der Waals surface area contributed by atoms with Gasteiger partial charge in [-0.3, -0.25) is 4.90 Å². The van der Waals surface area contributed by atoms with E-state index in [9.17, 15) is 0 Å². The van der Waals surface area contributed by atoms with Crippen LogP contribution in [0.3, 0.4) is 0 Å². The molecule has 0 saturated heterocycles. The summed E-state index contributed by atoms with van der Waals surface area (Å²) >= 11 is 3.46. The average molecular weight is 335 g/mol. The van der Waals surface area contributed by atoms with Gasteiger partial charge in [-0.2, -0.15) is 0 Å². The summed E-state index contributed by atoms with van der Waals surface area (Å²) in [7, 11) is 3.80. The number of para-hydroxylation sites is 1. The van der Waals surface area contributed by atoms with Crippen LogP contribution in [-0.4, -0.2) is 19.1 Å². The number of nitrogen functional groups attached to an aromatic ring is 1. The van der Waals surface area contributed by atoms with Crippen LogP contribution < -0.4 is 10.5 Å². The Morgan fingerprint density at radius 3 is 2.60 bits per heavy atom. The van der Waals surface area contributed by atoms with Crippen LogP contribution in [0.25, 0.3) is 0 Å². The molecule has 0 aliphatic carbocycles. The SMILES string of the molecule is COc1ccccc1CN(C)Cc1ccc(N)c(Br)c1. The number of anilines is 1. The van der Waals surface area contributed by atoms with Crippen LogP contribution in [0.5, 0.6) is 5.75 Å². The standard InChI is InChI=1S/C16H19BrN2O/c1-19(10-12-7-8-15(18)14(17)9-12)11-13-5-3-4-6-16(13)20-2/h3-9H,10-11,18H2,1-2H3. The topological polar surface area (TPSA) is 38.5 Å². The minimum absolute atomic E-state index is 0.765. The second-order valence-corrected chi connectivity index (χ2v) is 5.69. The van der Waals surface area contributed by atoms with Crippen LogP contribution in [0.15, 0.2) is 46.9 Å². The molecule has 2 aromatic rings. The monoisotopic (exact) mass is 334 g/mol. The number of hydrogen-bond donors (Lipinski definition) is 1. The lowest BCUT2D eigenvalue weighted by Gasteiger charge is -2.18. The molecular formula is C16H19BrN2O. The zero-order valence-electron chi connectivity index (χ0n) is 11.8. The molecule has 0 aromatic heterocycles. The molecule has 3 nitrogen and oxygen atoms in total. The van der Waals surface area contributed by atoms with Crippen LogP contribution in [0, 0.1) is 0 Å². The maximum atomic E-state index is 5.80. The van der Waals surface area contributed by atoms with Gasteiger partial charge in [0.05, 0.1) is 7.11 Å². The summed E-state index contributed by atoms with van der Waals surface area (Å²) in [6.07, 6.45) is 0. The first-order valence-electron chi connectivity index (χ1n) is 6.44. The molecule has 0 fully saturated rings. The number of nitrogens with two attached hydrogens (primary N) is 1. The van der Waals surface area contributed by atoms with Gasteiger partial charge in [0, 0.05) is 28.8 Å². The molecule has 0 spiro atoms. The second kappa shape index (κ2) is 6.77. The molecule has 4 heteroatoms. The summed E-state index contributed by atoms with van der Waals surface area (Å²) in [5, 5.41) is 0. The minimum atomic E-state index is 0.765. The zero-order valence-corrected chi connectivity index (χ0v) is 13.4. The van der Waals surface area contributed by atoms with Crippen LogP contribution >= 0.6 is 15.9 Å². The lowest BCUT2D eigenvalue weighted by molar-refractivity contribution is 0.310. The highest BCUT2D eigenvalue weighted by Crippen LogP contribution is 2.23. The quantitative estimate of drug-likeness (QED) is 0.848. The number of hydrogen-bond acceptors (Lipinski definition) is 3. The highest BCUT2D eigenvalue weighted by molar-refractivity contribution is 9.10. The van der Waals surface area contributed by atoms with Gasteiger partial charge in [-0.25, -0.2) is 0 Å². The van der Waals surface area contributed by atoms with Crippen molar-refractivity contribution in [3.05, 3.63) is 58.1 Å². The third-order valence-electron chi connectivity index (χ3n) is 3.15. The summed E-state index contributed by atoms with van der Waals surface area (Å²) in [5.41, 5.74) is 8.98. The fourth-order valence-electron chi connectivity index (χ4n) is 2.16. The number of methoxy groups -OCH3 is 1. The van der Waals surface area contributed by atoms with E-state index in [1.165, 1.54) is 11.1 Å². The van der Waals surface area contributed by atoms with Gasteiger partial charge in [-0.15, -0.1) is 0 Å². The largest absolute Gasteiger partial charge is 0.496 e. The third-order valence-corrected chi connectivity index (χ3v) is 3.84. The van der Waals surface area contributed by atoms with Crippen molar-refractivity contribution in [2.75, 3.05) is 19.9 Å². The highest BCUT2D eigenvalue weighted by Gasteiger charge is 2.07. The predicted molar refractivity (Wildman–Crippen MR) is 86.7 cm³/mol. The van der Waals surface area contributed by atoms with Gasteiger partial charge in [-0.05, 0) is 46.7 Å². The van der Waals surface area contributed by atoms with Crippen LogP contribution in [0.4, 0.5) is 5.69 Å². The van der Waals surface area contributed by atoms with Crippen molar-refractivity contribution in [3.8, 4) is 5.75 Å². The first-order chi connectivity index (χ1) is 9.60. The molecule has 20 heavy (non-hydrogen) atoms. The van der Waals surface area contributed by atoms with Crippen molar-refractivity contribution in [1.82, 2.24) is 4.90 Å².